The molecular formula is C13H28N2O. The van der Waals surface area contributed by atoms with Gasteiger partial charge in [0.05, 0.1) is 12.2 Å². The Bertz CT molecular complexity index is 212. The highest BCUT2D eigenvalue weighted by Crippen LogP contribution is 2.26. The van der Waals surface area contributed by atoms with Crippen LogP contribution in [0.1, 0.15) is 41.0 Å². The summed E-state index contributed by atoms with van der Waals surface area (Å²) in [5.74, 6) is 0. The van der Waals surface area contributed by atoms with Crippen LogP contribution in [0.4, 0.5) is 0 Å². The fourth-order valence-electron chi connectivity index (χ4n) is 2.18. The molecular weight excluding hydrogens is 200 g/mol. The monoisotopic (exact) mass is 228 g/mol. The highest BCUT2D eigenvalue weighted by molar-refractivity contribution is 4.89. The molecule has 1 fully saturated rings. The first-order valence-corrected chi connectivity index (χ1v) is 6.47. The lowest BCUT2D eigenvalue weighted by atomic mass is 9.95. The van der Waals surface area contributed by atoms with Crippen LogP contribution in [0.5, 0.6) is 0 Å². The van der Waals surface area contributed by atoms with Crippen LogP contribution in [-0.4, -0.2) is 48.8 Å². The van der Waals surface area contributed by atoms with Crippen molar-refractivity contribution in [3.05, 3.63) is 0 Å². The molecule has 1 unspecified atom stereocenters. The molecule has 3 heteroatoms. The topological polar surface area (TPSA) is 24.5 Å². The second kappa shape index (κ2) is 5.48. The minimum absolute atomic E-state index is 0.0215. The van der Waals surface area contributed by atoms with E-state index in [1.54, 1.807) is 0 Å². The maximum Gasteiger partial charge on any atom is 0.0793 e. The summed E-state index contributed by atoms with van der Waals surface area (Å²) in [7, 11) is 0. The van der Waals surface area contributed by atoms with Gasteiger partial charge in [0.15, 0.2) is 0 Å². The van der Waals surface area contributed by atoms with E-state index in [9.17, 15) is 0 Å². The molecule has 1 aliphatic rings. The molecule has 0 saturated carbocycles. The van der Waals surface area contributed by atoms with E-state index in [-0.39, 0.29) is 11.1 Å². The van der Waals surface area contributed by atoms with Gasteiger partial charge in [-0.1, -0.05) is 6.92 Å². The highest BCUT2D eigenvalue weighted by Gasteiger charge is 2.35. The lowest BCUT2D eigenvalue weighted by Gasteiger charge is -2.46. The molecule has 0 aromatic heterocycles. The number of nitrogens with one attached hydrogen (secondary N) is 1. The molecule has 0 aromatic rings. The molecule has 1 rings (SSSR count). The van der Waals surface area contributed by atoms with Gasteiger partial charge in [0, 0.05) is 18.6 Å². The van der Waals surface area contributed by atoms with Crippen LogP contribution in [0.3, 0.4) is 0 Å². The number of ether oxygens (including phenoxy) is 1. The summed E-state index contributed by atoms with van der Waals surface area (Å²) in [6, 6.07) is 0. The van der Waals surface area contributed by atoms with Crippen molar-refractivity contribution < 1.29 is 4.74 Å². The number of morpholine rings is 1. The molecule has 0 aromatic carbocycles. The zero-order valence-electron chi connectivity index (χ0n) is 11.6. The Morgan fingerprint density at radius 1 is 1.38 bits per heavy atom. The third kappa shape index (κ3) is 4.04. The van der Waals surface area contributed by atoms with Gasteiger partial charge in [0.2, 0.25) is 0 Å². The zero-order chi connectivity index (χ0) is 12.2. The first-order chi connectivity index (χ1) is 7.37. The molecule has 0 bridgehead atoms. The van der Waals surface area contributed by atoms with Gasteiger partial charge in [-0.15, -0.1) is 0 Å². The molecule has 16 heavy (non-hydrogen) atoms. The second-order valence-electron chi connectivity index (χ2n) is 5.99. The molecule has 0 radical (unpaired) electrons. The van der Waals surface area contributed by atoms with Gasteiger partial charge in [-0.05, 0) is 47.2 Å². The lowest BCUT2D eigenvalue weighted by molar-refractivity contribution is -0.121. The van der Waals surface area contributed by atoms with Crippen LogP contribution in [0, 0.1) is 0 Å². The van der Waals surface area contributed by atoms with Crippen molar-refractivity contribution >= 4 is 0 Å². The Kier molecular flexibility index (Phi) is 4.77. The van der Waals surface area contributed by atoms with Gasteiger partial charge in [0.1, 0.15) is 0 Å². The Labute approximate surface area is 101 Å². The Balaban J connectivity index is 2.48. The van der Waals surface area contributed by atoms with Gasteiger partial charge < -0.3 is 10.1 Å². The standard InChI is InChI=1S/C13H28N2O/c1-6-14-8-7-13(5)11-15(9-10-16-13)12(2,3)4/h14H,6-11H2,1-5H3. The average molecular weight is 228 g/mol. The smallest absolute Gasteiger partial charge is 0.0793 e. The van der Waals surface area contributed by atoms with Gasteiger partial charge >= 0.3 is 0 Å². The molecule has 0 amide bonds. The summed E-state index contributed by atoms with van der Waals surface area (Å²) in [5, 5.41) is 3.38. The van der Waals surface area contributed by atoms with Crippen LogP contribution in [0.25, 0.3) is 0 Å². The Hall–Kier alpha value is -0.120. The summed E-state index contributed by atoms with van der Waals surface area (Å²) >= 11 is 0. The Morgan fingerprint density at radius 2 is 2.06 bits per heavy atom. The van der Waals surface area contributed by atoms with E-state index in [2.05, 4.69) is 44.8 Å². The minimum atomic E-state index is 0.0215. The SMILES string of the molecule is CCNCCC1(C)CN(C(C)(C)C)CCO1. The molecule has 1 atom stereocenters. The Morgan fingerprint density at radius 3 is 2.62 bits per heavy atom. The van der Waals surface area contributed by atoms with Crippen molar-refractivity contribution in [2.45, 2.75) is 52.2 Å². The van der Waals surface area contributed by atoms with E-state index in [1.807, 2.05) is 0 Å². The van der Waals surface area contributed by atoms with Crippen LogP contribution < -0.4 is 5.32 Å². The van der Waals surface area contributed by atoms with Gasteiger partial charge in [-0.3, -0.25) is 4.90 Å². The second-order valence-corrected chi connectivity index (χ2v) is 5.99. The molecule has 0 spiro atoms. The van der Waals surface area contributed by atoms with Crippen molar-refractivity contribution in [1.29, 1.82) is 0 Å². The lowest BCUT2D eigenvalue weighted by Crippen LogP contribution is -2.56. The number of hydrogen-bond acceptors (Lipinski definition) is 3. The number of hydrogen-bond donors (Lipinski definition) is 1. The number of nitrogens with zero attached hydrogens (tertiary/aromatic N) is 1. The molecule has 3 nitrogen and oxygen atoms in total. The first-order valence-electron chi connectivity index (χ1n) is 6.47. The molecule has 1 heterocycles. The van der Waals surface area contributed by atoms with Crippen LogP contribution >= 0.6 is 0 Å². The molecule has 1 aliphatic heterocycles. The van der Waals surface area contributed by atoms with Crippen LogP contribution in [0.2, 0.25) is 0 Å². The van der Waals surface area contributed by atoms with E-state index in [1.165, 1.54) is 0 Å². The summed E-state index contributed by atoms with van der Waals surface area (Å²) in [4.78, 5) is 2.53. The van der Waals surface area contributed by atoms with E-state index < -0.39 is 0 Å². The average Bonchev–Trinajstić information content (AvgIpc) is 2.16. The summed E-state index contributed by atoms with van der Waals surface area (Å²) in [5.41, 5.74) is 0.275. The van der Waals surface area contributed by atoms with Crippen molar-refractivity contribution in [3.63, 3.8) is 0 Å². The predicted octanol–water partition coefficient (Wildman–Crippen LogP) is 1.88. The molecule has 96 valence electrons. The maximum atomic E-state index is 5.96. The van der Waals surface area contributed by atoms with E-state index >= 15 is 0 Å². The van der Waals surface area contributed by atoms with Crippen molar-refractivity contribution in [2.75, 3.05) is 32.8 Å². The molecule has 1 saturated heterocycles. The van der Waals surface area contributed by atoms with Crippen LogP contribution in [-0.2, 0) is 4.74 Å². The molecule has 1 N–H and O–H groups in total. The van der Waals surface area contributed by atoms with E-state index in [0.29, 0.717) is 0 Å². The maximum absolute atomic E-state index is 5.96. The van der Waals surface area contributed by atoms with E-state index in [0.717, 1.165) is 39.2 Å². The van der Waals surface area contributed by atoms with Gasteiger partial charge in [-0.2, -0.15) is 0 Å². The summed E-state index contributed by atoms with van der Waals surface area (Å²) in [6.07, 6.45) is 1.09. The normalized spacial score (nSPS) is 28.3. The van der Waals surface area contributed by atoms with Crippen molar-refractivity contribution in [3.8, 4) is 0 Å². The van der Waals surface area contributed by atoms with E-state index in [4.69, 9.17) is 4.74 Å². The third-order valence-electron chi connectivity index (χ3n) is 3.37. The van der Waals surface area contributed by atoms with Crippen molar-refractivity contribution in [1.82, 2.24) is 10.2 Å². The quantitative estimate of drug-likeness (QED) is 0.744. The van der Waals surface area contributed by atoms with Gasteiger partial charge in [0.25, 0.3) is 0 Å². The van der Waals surface area contributed by atoms with Crippen molar-refractivity contribution in [2.24, 2.45) is 0 Å². The summed E-state index contributed by atoms with van der Waals surface area (Å²) < 4.78 is 5.96. The third-order valence-corrected chi connectivity index (χ3v) is 3.37. The summed E-state index contributed by atoms with van der Waals surface area (Å²) in [6.45, 7) is 16.3. The number of rotatable bonds is 4. The highest BCUT2D eigenvalue weighted by atomic mass is 16.5. The van der Waals surface area contributed by atoms with Gasteiger partial charge in [-0.25, -0.2) is 0 Å². The molecule has 0 aliphatic carbocycles. The van der Waals surface area contributed by atoms with Crippen LogP contribution in [0.15, 0.2) is 0 Å². The fourth-order valence-corrected chi connectivity index (χ4v) is 2.18. The largest absolute Gasteiger partial charge is 0.373 e. The fraction of sp³-hybridized carbons (Fsp3) is 1.00. The first kappa shape index (κ1) is 13.9. The predicted molar refractivity (Wildman–Crippen MR) is 68.8 cm³/mol. The minimum Gasteiger partial charge on any atom is -0.373 e. The zero-order valence-corrected chi connectivity index (χ0v) is 11.6.